The number of carbonyl (C=O) groups is 1. The second-order valence-electron chi connectivity index (χ2n) is 8.51. The number of hydrogen-bond donors (Lipinski definition) is 2. The molecule has 0 aliphatic heterocycles. The molecule has 0 spiro atoms. The Kier molecular flexibility index (Phi) is 7.93. The SMILES string of the molecule is CCOC(=O)Cc1ccc(OC)cc1OCc1c(C)oc2ccc(-c3cccc([C@H](N)CO)c3)cc12. The van der Waals surface area contributed by atoms with E-state index >= 15 is 0 Å². The first kappa shape index (κ1) is 25.3. The first-order valence-electron chi connectivity index (χ1n) is 11.9. The molecule has 1 aromatic heterocycles. The summed E-state index contributed by atoms with van der Waals surface area (Å²) in [4.78, 5) is 12.1. The predicted octanol–water partition coefficient (Wildman–Crippen LogP) is 5.09. The molecule has 4 rings (SSSR count). The van der Waals surface area contributed by atoms with E-state index in [1.54, 1.807) is 26.2 Å². The van der Waals surface area contributed by atoms with Gasteiger partial charge in [-0.1, -0.05) is 30.3 Å². The fourth-order valence-corrected chi connectivity index (χ4v) is 4.14. The van der Waals surface area contributed by atoms with Crippen LogP contribution in [0.3, 0.4) is 0 Å². The smallest absolute Gasteiger partial charge is 0.310 e. The van der Waals surface area contributed by atoms with Crippen LogP contribution >= 0.6 is 0 Å². The highest BCUT2D eigenvalue weighted by Crippen LogP contribution is 2.33. The van der Waals surface area contributed by atoms with Crippen LogP contribution in [-0.2, 0) is 22.6 Å². The molecule has 3 aromatic carbocycles. The lowest BCUT2D eigenvalue weighted by Gasteiger charge is -2.13. The molecule has 0 radical (unpaired) electrons. The maximum absolute atomic E-state index is 12.1. The van der Waals surface area contributed by atoms with Gasteiger partial charge in [-0.25, -0.2) is 0 Å². The van der Waals surface area contributed by atoms with Crippen molar-refractivity contribution in [3.8, 4) is 22.6 Å². The quantitative estimate of drug-likeness (QED) is 0.299. The summed E-state index contributed by atoms with van der Waals surface area (Å²) in [7, 11) is 1.59. The van der Waals surface area contributed by atoms with Crippen LogP contribution in [0.2, 0.25) is 0 Å². The fourth-order valence-electron chi connectivity index (χ4n) is 4.14. The molecule has 36 heavy (non-hydrogen) atoms. The Labute approximate surface area is 210 Å². The van der Waals surface area contributed by atoms with Crippen molar-refractivity contribution in [1.82, 2.24) is 0 Å². The van der Waals surface area contributed by atoms with Gasteiger partial charge in [-0.05, 0) is 54.8 Å². The van der Waals surface area contributed by atoms with Crippen molar-refractivity contribution in [3.05, 3.63) is 83.1 Å². The lowest BCUT2D eigenvalue weighted by atomic mass is 9.98. The first-order chi connectivity index (χ1) is 17.4. The lowest BCUT2D eigenvalue weighted by molar-refractivity contribution is -0.142. The van der Waals surface area contributed by atoms with Gasteiger partial charge in [0.05, 0.1) is 32.8 Å². The zero-order valence-electron chi connectivity index (χ0n) is 20.7. The third-order valence-electron chi connectivity index (χ3n) is 6.12. The number of aliphatic hydroxyl groups is 1. The summed E-state index contributed by atoms with van der Waals surface area (Å²) in [6.07, 6.45) is 0.106. The zero-order valence-corrected chi connectivity index (χ0v) is 20.7. The molecule has 0 unspecified atom stereocenters. The van der Waals surface area contributed by atoms with E-state index < -0.39 is 6.04 Å². The molecule has 0 aliphatic rings. The molecular weight excluding hydrogens is 458 g/mol. The summed E-state index contributed by atoms with van der Waals surface area (Å²) in [6.45, 7) is 4.14. The minimum absolute atomic E-state index is 0.106. The van der Waals surface area contributed by atoms with Gasteiger partial charge in [0.25, 0.3) is 0 Å². The zero-order chi connectivity index (χ0) is 25.7. The van der Waals surface area contributed by atoms with E-state index in [1.807, 2.05) is 49.4 Å². The lowest BCUT2D eigenvalue weighted by Crippen LogP contribution is -2.14. The normalized spacial score (nSPS) is 11.9. The maximum atomic E-state index is 12.1. The Bertz CT molecular complexity index is 1360. The molecule has 4 aromatic rings. The van der Waals surface area contributed by atoms with E-state index in [0.717, 1.165) is 44.5 Å². The van der Waals surface area contributed by atoms with Crippen molar-refractivity contribution < 1.29 is 28.5 Å². The van der Waals surface area contributed by atoms with Gasteiger partial charge in [0.2, 0.25) is 0 Å². The van der Waals surface area contributed by atoms with Gasteiger partial charge in [0, 0.05) is 22.6 Å². The Morgan fingerprint density at radius 3 is 2.64 bits per heavy atom. The molecule has 1 atom stereocenters. The second kappa shape index (κ2) is 11.3. The first-order valence-corrected chi connectivity index (χ1v) is 11.9. The Morgan fingerprint density at radius 2 is 1.89 bits per heavy atom. The maximum Gasteiger partial charge on any atom is 0.310 e. The van der Waals surface area contributed by atoms with Gasteiger partial charge in [-0.3, -0.25) is 4.79 Å². The van der Waals surface area contributed by atoms with E-state index in [9.17, 15) is 9.90 Å². The van der Waals surface area contributed by atoms with Gasteiger partial charge >= 0.3 is 5.97 Å². The van der Waals surface area contributed by atoms with Crippen LogP contribution in [0.4, 0.5) is 0 Å². The van der Waals surface area contributed by atoms with Crippen LogP contribution in [0.1, 0.15) is 35.4 Å². The van der Waals surface area contributed by atoms with E-state index in [1.165, 1.54) is 0 Å². The van der Waals surface area contributed by atoms with Gasteiger partial charge in [0.1, 0.15) is 29.4 Å². The highest BCUT2D eigenvalue weighted by Gasteiger charge is 2.16. The Balaban J connectivity index is 1.64. The standard InChI is InChI=1S/C29H31NO6/c1-4-34-29(32)14-22-8-10-23(33-3)15-28(22)35-17-25-18(2)36-27-11-9-20(13-24(25)27)19-6-5-7-21(12-19)26(30)16-31/h5-13,15,26,31H,4,14,16-17,30H2,1-3H3/t26-/m1/s1. The number of nitrogens with two attached hydrogens (primary N) is 1. The minimum atomic E-state index is -0.430. The highest BCUT2D eigenvalue weighted by molar-refractivity contribution is 5.87. The van der Waals surface area contributed by atoms with E-state index in [4.69, 9.17) is 24.4 Å². The average Bonchev–Trinajstić information content (AvgIpc) is 3.21. The second-order valence-corrected chi connectivity index (χ2v) is 8.51. The van der Waals surface area contributed by atoms with Gasteiger partial charge < -0.3 is 29.5 Å². The summed E-state index contributed by atoms with van der Waals surface area (Å²) >= 11 is 0. The van der Waals surface area contributed by atoms with Gasteiger partial charge in [-0.15, -0.1) is 0 Å². The minimum Gasteiger partial charge on any atom is -0.497 e. The number of methoxy groups -OCH3 is 1. The monoisotopic (exact) mass is 489 g/mol. The van der Waals surface area contributed by atoms with Crippen molar-refractivity contribution >= 4 is 16.9 Å². The van der Waals surface area contributed by atoms with Crippen molar-refractivity contribution in [1.29, 1.82) is 0 Å². The third-order valence-corrected chi connectivity index (χ3v) is 6.12. The number of aryl methyl sites for hydroxylation is 1. The summed E-state index contributed by atoms with van der Waals surface area (Å²) in [6, 6.07) is 18.8. The number of esters is 1. The van der Waals surface area contributed by atoms with E-state index in [2.05, 4.69) is 6.07 Å². The van der Waals surface area contributed by atoms with Crippen LogP contribution in [0.25, 0.3) is 22.1 Å². The molecule has 1 heterocycles. The fraction of sp³-hybridized carbons (Fsp3) is 0.276. The number of benzene rings is 3. The third kappa shape index (κ3) is 5.53. The molecule has 0 saturated heterocycles. The molecule has 0 aliphatic carbocycles. The molecule has 188 valence electrons. The number of furan rings is 1. The molecule has 0 bridgehead atoms. The summed E-state index contributed by atoms with van der Waals surface area (Å²) in [5, 5.41) is 10.4. The molecular formula is C29H31NO6. The van der Waals surface area contributed by atoms with E-state index in [0.29, 0.717) is 18.1 Å². The topological polar surface area (TPSA) is 104 Å². The van der Waals surface area contributed by atoms with Crippen molar-refractivity contribution in [2.75, 3.05) is 20.3 Å². The van der Waals surface area contributed by atoms with Crippen LogP contribution in [0.5, 0.6) is 11.5 Å². The van der Waals surface area contributed by atoms with Crippen molar-refractivity contribution in [2.45, 2.75) is 32.9 Å². The van der Waals surface area contributed by atoms with Crippen molar-refractivity contribution in [3.63, 3.8) is 0 Å². The number of rotatable bonds is 10. The summed E-state index contributed by atoms with van der Waals surface area (Å²) in [5.41, 5.74) is 11.3. The Hall–Kier alpha value is -3.81. The van der Waals surface area contributed by atoms with Crippen LogP contribution in [0, 0.1) is 6.92 Å². The largest absolute Gasteiger partial charge is 0.497 e. The predicted molar refractivity (Wildman–Crippen MR) is 138 cm³/mol. The number of aliphatic hydroxyl groups excluding tert-OH is 1. The van der Waals surface area contributed by atoms with Crippen LogP contribution in [0.15, 0.2) is 65.1 Å². The van der Waals surface area contributed by atoms with Gasteiger partial charge in [-0.2, -0.15) is 0 Å². The number of carbonyl (C=O) groups excluding carboxylic acids is 1. The molecule has 3 N–H and O–H groups in total. The van der Waals surface area contributed by atoms with Gasteiger partial charge in [0.15, 0.2) is 0 Å². The van der Waals surface area contributed by atoms with E-state index in [-0.39, 0.29) is 25.6 Å². The summed E-state index contributed by atoms with van der Waals surface area (Å²) < 4.78 is 22.7. The number of ether oxygens (including phenoxy) is 3. The summed E-state index contributed by atoms with van der Waals surface area (Å²) in [5.74, 6) is 1.63. The average molecular weight is 490 g/mol. The number of fused-ring (bicyclic) bond motifs is 1. The molecule has 7 nitrogen and oxygen atoms in total. The number of hydrogen-bond acceptors (Lipinski definition) is 7. The molecule has 0 saturated carbocycles. The highest BCUT2D eigenvalue weighted by atomic mass is 16.5. The molecule has 0 fully saturated rings. The van der Waals surface area contributed by atoms with Crippen molar-refractivity contribution in [2.24, 2.45) is 5.73 Å². The molecule has 0 amide bonds. The van der Waals surface area contributed by atoms with Crippen LogP contribution in [-0.4, -0.2) is 31.4 Å². The molecule has 7 heteroatoms. The van der Waals surface area contributed by atoms with Crippen LogP contribution < -0.4 is 15.2 Å². The Morgan fingerprint density at radius 1 is 1.08 bits per heavy atom.